The number of aryl methyl sites for hydroxylation is 1. The molecule has 1 aliphatic rings. The normalized spacial score (nSPS) is 12.7. The summed E-state index contributed by atoms with van der Waals surface area (Å²) in [6, 6.07) is 11.4. The van der Waals surface area contributed by atoms with Gasteiger partial charge < -0.3 is 20.5 Å². The maximum Gasteiger partial charge on any atom is 0.225 e. The van der Waals surface area contributed by atoms with Crippen molar-refractivity contribution < 1.29 is 14.3 Å². The van der Waals surface area contributed by atoms with Gasteiger partial charge >= 0.3 is 0 Å². The van der Waals surface area contributed by atoms with Crippen molar-refractivity contribution in [3.05, 3.63) is 42.0 Å². The molecule has 0 saturated carbocycles. The van der Waals surface area contributed by atoms with E-state index in [1.165, 1.54) is 0 Å². The number of amides is 1. The lowest BCUT2D eigenvalue weighted by Crippen LogP contribution is -2.15. The van der Waals surface area contributed by atoms with E-state index in [1.807, 2.05) is 37.3 Å². The number of carbonyl (C=O) groups is 1. The number of nitrogens with two attached hydrogens (primary N) is 1. The van der Waals surface area contributed by atoms with E-state index in [-0.39, 0.29) is 5.91 Å². The maximum atomic E-state index is 12.1. The van der Waals surface area contributed by atoms with Crippen molar-refractivity contribution in [2.75, 3.05) is 30.0 Å². The van der Waals surface area contributed by atoms with E-state index in [9.17, 15) is 4.79 Å². The summed E-state index contributed by atoms with van der Waals surface area (Å²) in [6.07, 6.45) is 0.424. The minimum absolute atomic E-state index is 0.0197. The highest BCUT2D eigenvalue weighted by Gasteiger charge is 2.12. The van der Waals surface area contributed by atoms with Crippen LogP contribution >= 0.6 is 11.8 Å². The lowest BCUT2D eigenvalue weighted by molar-refractivity contribution is -0.115. The largest absolute Gasteiger partial charge is 0.486 e. The number of thioether (sulfide) groups is 1. The van der Waals surface area contributed by atoms with Gasteiger partial charge in [-0.1, -0.05) is 6.07 Å². The number of anilines is 2. The molecule has 1 amide bonds. The number of fused-ring (bicyclic) bond motifs is 1. The van der Waals surface area contributed by atoms with E-state index in [4.69, 9.17) is 15.2 Å². The molecule has 3 N–H and O–H groups in total. The first-order chi connectivity index (χ1) is 11.6. The molecule has 3 rings (SSSR count). The van der Waals surface area contributed by atoms with E-state index < -0.39 is 0 Å². The van der Waals surface area contributed by atoms with Gasteiger partial charge in [0, 0.05) is 28.4 Å². The molecule has 0 unspecified atom stereocenters. The molecule has 0 radical (unpaired) electrons. The second-order valence-corrected chi connectivity index (χ2v) is 6.69. The summed E-state index contributed by atoms with van der Waals surface area (Å²) in [6.45, 7) is 3.10. The summed E-state index contributed by atoms with van der Waals surface area (Å²) in [5.74, 6) is 2.22. The lowest BCUT2D eigenvalue weighted by Gasteiger charge is -2.18. The molecule has 0 spiro atoms. The second-order valence-electron chi connectivity index (χ2n) is 5.53. The van der Waals surface area contributed by atoms with Crippen LogP contribution in [0.3, 0.4) is 0 Å². The van der Waals surface area contributed by atoms with Crippen LogP contribution in [0, 0.1) is 6.92 Å². The molecule has 0 aliphatic carbocycles. The van der Waals surface area contributed by atoms with Gasteiger partial charge in [-0.05, 0) is 42.8 Å². The number of ether oxygens (including phenoxy) is 2. The summed E-state index contributed by atoms with van der Waals surface area (Å²) in [5.41, 5.74) is 8.16. The van der Waals surface area contributed by atoms with Crippen molar-refractivity contribution in [1.29, 1.82) is 0 Å². The molecule has 1 heterocycles. The molecule has 126 valence electrons. The minimum Gasteiger partial charge on any atom is -0.486 e. The highest BCUT2D eigenvalue weighted by Crippen LogP contribution is 2.34. The Kier molecular flexibility index (Phi) is 5.15. The summed E-state index contributed by atoms with van der Waals surface area (Å²) >= 11 is 1.62. The van der Waals surface area contributed by atoms with Crippen LogP contribution < -0.4 is 20.5 Å². The van der Waals surface area contributed by atoms with Crippen LogP contribution in [0.4, 0.5) is 11.4 Å². The lowest BCUT2D eigenvalue weighted by atomic mass is 10.2. The molecule has 1 aliphatic heterocycles. The number of carbonyl (C=O) groups excluding carboxylic acids is 1. The zero-order valence-electron chi connectivity index (χ0n) is 13.5. The van der Waals surface area contributed by atoms with Crippen LogP contribution in [-0.4, -0.2) is 24.9 Å². The fourth-order valence-electron chi connectivity index (χ4n) is 2.36. The van der Waals surface area contributed by atoms with E-state index in [2.05, 4.69) is 5.32 Å². The zero-order valence-corrected chi connectivity index (χ0v) is 14.3. The minimum atomic E-state index is -0.0197. The van der Waals surface area contributed by atoms with Gasteiger partial charge in [0.1, 0.15) is 13.2 Å². The molecule has 0 bridgehead atoms. The second kappa shape index (κ2) is 7.49. The van der Waals surface area contributed by atoms with Gasteiger partial charge in [0.25, 0.3) is 0 Å². The van der Waals surface area contributed by atoms with E-state index in [1.54, 1.807) is 17.8 Å². The predicted octanol–water partition coefficient (Wildman–Crippen LogP) is 3.47. The average molecular weight is 344 g/mol. The number of rotatable bonds is 5. The van der Waals surface area contributed by atoms with Crippen molar-refractivity contribution >= 4 is 29.0 Å². The van der Waals surface area contributed by atoms with E-state index >= 15 is 0 Å². The highest BCUT2D eigenvalue weighted by molar-refractivity contribution is 7.99. The standard InChI is InChI=1S/C18H20N2O3S/c1-12-2-3-13(19)10-15(12)20-18(21)6-9-24-14-4-5-16-17(11-14)23-8-7-22-16/h2-5,10-11H,6-9,19H2,1H3,(H,20,21). The topological polar surface area (TPSA) is 73.6 Å². The molecule has 2 aromatic carbocycles. The van der Waals surface area contributed by atoms with Crippen LogP contribution in [0.2, 0.25) is 0 Å². The molecule has 0 saturated heterocycles. The highest BCUT2D eigenvalue weighted by atomic mass is 32.2. The quantitative estimate of drug-likeness (QED) is 0.642. The van der Waals surface area contributed by atoms with Crippen LogP contribution in [0.25, 0.3) is 0 Å². The van der Waals surface area contributed by atoms with Gasteiger partial charge in [-0.25, -0.2) is 0 Å². The summed E-state index contributed by atoms with van der Waals surface area (Å²) in [4.78, 5) is 13.2. The van der Waals surface area contributed by atoms with Crippen LogP contribution in [0.1, 0.15) is 12.0 Å². The fourth-order valence-corrected chi connectivity index (χ4v) is 3.24. The van der Waals surface area contributed by atoms with E-state index in [0.29, 0.717) is 31.1 Å². The zero-order chi connectivity index (χ0) is 16.9. The molecular weight excluding hydrogens is 324 g/mol. The number of nitrogen functional groups attached to an aromatic ring is 1. The Labute approximate surface area is 145 Å². The van der Waals surface area contributed by atoms with Crippen molar-refractivity contribution in [3.63, 3.8) is 0 Å². The van der Waals surface area contributed by atoms with Gasteiger partial charge in [-0.3, -0.25) is 4.79 Å². The van der Waals surface area contributed by atoms with Crippen LogP contribution in [0.5, 0.6) is 11.5 Å². The Hall–Kier alpha value is -2.34. The molecule has 2 aromatic rings. The molecule has 0 fully saturated rings. The third-order valence-corrected chi connectivity index (χ3v) is 4.64. The van der Waals surface area contributed by atoms with Crippen molar-refractivity contribution in [2.45, 2.75) is 18.2 Å². The van der Waals surface area contributed by atoms with Crippen LogP contribution in [-0.2, 0) is 4.79 Å². The van der Waals surface area contributed by atoms with Crippen molar-refractivity contribution in [3.8, 4) is 11.5 Å². The third-order valence-electron chi connectivity index (χ3n) is 3.65. The molecule has 5 nitrogen and oxygen atoms in total. The number of hydrogen-bond donors (Lipinski definition) is 2. The number of benzene rings is 2. The SMILES string of the molecule is Cc1ccc(N)cc1NC(=O)CCSc1ccc2c(c1)OCCO2. The van der Waals surface area contributed by atoms with Gasteiger partial charge in [0.2, 0.25) is 5.91 Å². The molecule has 0 aromatic heterocycles. The Balaban J connectivity index is 1.51. The Morgan fingerprint density at radius 2 is 1.96 bits per heavy atom. The molecular formula is C18H20N2O3S. The average Bonchev–Trinajstić information content (AvgIpc) is 2.58. The summed E-state index contributed by atoms with van der Waals surface area (Å²) in [7, 11) is 0. The van der Waals surface area contributed by atoms with Crippen molar-refractivity contribution in [2.24, 2.45) is 0 Å². The van der Waals surface area contributed by atoms with Gasteiger partial charge in [0.05, 0.1) is 0 Å². The third kappa shape index (κ3) is 4.14. The van der Waals surface area contributed by atoms with Crippen molar-refractivity contribution in [1.82, 2.24) is 0 Å². The first kappa shape index (κ1) is 16.5. The Bertz CT molecular complexity index is 749. The number of nitrogens with one attached hydrogen (secondary N) is 1. The van der Waals surface area contributed by atoms with E-state index in [0.717, 1.165) is 27.6 Å². The first-order valence-corrected chi connectivity index (χ1v) is 8.79. The first-order valence-electron chi connectivity index (χ1n) is 7.80. The fraction of sp³-hybridized carbons (Fsp3) is 0.278. The Morgan fingerprint density at radius 3 is 2.79 bits per heavy atom. The molecule has 24 heavy (non-hydrogen) atoms. The van der Waals surface area contributed by atoms with Gasteiger partial charge in [0.15, 0.2) is 11.5 Å². The summed E-state index contributed by atoms with van der Waals surface area (Å²) < 4.78 is 11.1. The molecule has 0 atom stereocenters. The monoisotopic (exact) mass is 344 g/mol. The molecule has 6 heteroatoms. The smallest absolute Gasteiger partial charge is 0.225 e. The summed E-state index contributed by atoms with van der Waals surface area (Å²) in [5, 5.41) is 2.91. The predicted molar refractivity (Wildman–Crippen MR) is 97.0 cm³/mol. The maximum absolute atomic E-state index is 12.1. The Morgan fingerprint density at radius 1 is 1.17 bits per heavy atom. The number of hydrogen-bond acceptors (Lipinski definition) is 5. The van der Waals surface area contributed by atoms with Gasteiger partial charge in [-0.15, -0.1) is 11.8 Å². The van der Waals surface area contributed by atoms with Crippen LogP contribution in [0.15, 0.2) is 41.3 Å². The van der Waals surface area contributed by atoms with Gasteiger partial charge in [-0.2, -0.15) is 0 Å².